The van der Waals surface area contributed by atoms with E-state index in [1.807, 2.05) is 12.1 Å². The van der Waals surface area contributed by atoms with Gasteiger partial charge in [0, 0.05) is 13.7 Å². The summed E-state index contributed by atoms with van der Waals surface area (Å²) in [4.78, 5) is 12.0. The molecule has 1 aliphatic rings. The number of rotatable bonds is 5. The second-order valence-electron chi connectivity index (χ2n) is 5.66. The molecule has 21 heavy (non-hydrogen) atoms. The fourth-order valence-electron chi connectivity index (χ4n) is 2.80. The Morgan fingerprint density at radius 1 is 1.48 bits per heavy atom. The summed E-state index contributed by atoms with van der Waals surface area (Å²) in [6, 6.07) is 8.01. The summed E-state index contributed by atoms with van der Waals surface area (Å²) < 4.78 is 4.83. The summed E-state index contributed by atoms with van der Waals surface area (Å²) in [5.74, 6) is 0.398. The summed E-state index contributed by atoms with van der Waals surface area (Å²) in [6.07, 6.45) is 1.44. The zero-order valence-electron chi connectivity index (χ0n) is 12.6. The Kier molecular flexibility index (Phi) is 5.59. The predicted molar refractivity (Wildman–Crippen MR) is 81.1 cm³/mol. The number of carbonyl (C=O) groups is 1. The third kappa shape index (κ3) is 4.19. The number of methoxy groups -OCH3 is 1. The zero-order chi connectivity index (χ0) is 15.2. The van der Waals surface area contributed by atoms with E-state index in [9.17, 15) is 9.90 Å². The van der Waals surface area contributed by atoms with Crippen molar-refractivity contribution in [1.29, 1.82) is 0 Å². The summed E-state index contributed by atoms with van der Waals surface area (Å²) in [5.41, 5.74) is 2.50. The van der Waals surface area contributed by atoms with Crippen molar-refractivity contribution in [3.63, 3.8) is 0 Å². The third-order valence-electron chi connectivity index (χ3n) is 3.97. The molecule has 0 saturated heterocycles. The van der Waals surface area contributed by atoms with Gasteiger partial charge in [0.1, 0.15) is 0 Å². The molecule has 5 nitrogen and oxygen atoms in total. The summed E-state index contributed by atoms with van der Waals surface area (Å²) in [6.45, 7) is 2.55. The second kappa shape index (κ2) is 7.43. The molecule has 2 amide bonds. The van der Waals surface area contributed by atoms with Gasteiger partial charge >= 0.3 is 6.03 Å². The molecule has 0 radical (unpaired) electrons. The number of carbonyl (C=O) groups excluding carboxylic acids is 1. The molecular formula is C16H24N2O3. The van der Waals surface area contributed by atoms with Gasteiger partial charge in [-0.1, -0.05) is 31.2 Å². The van der Waals surface area contributed by atoms with Gasteiger partial charge in [0.25, 0.3) is 0 Å². The maximum atomic E-state index is 12.0. The summed E-state index contributed by atoms with van der Waals surface area (Å²) in [7, 11) is 1.52. The Morgan fingerprint density at radius 2 is 2.24 bits per heavy atom. The molecule has 3 atom stereocenters. The standard InChI is InChI=1S/C16H24N2O3/c1-11-7-8-12-5-3-4-6-14(12)15(11)18-16(20)17-9-13(19)10-21-2/h3-6,11,13,15,19H,7-10H2,1-2H3,(H2,17,18,20). The number of benzene rings is 1. The third-order valence-corrected chi connectivity index (χ3v) is 3.97. The largest absolute Gasteiger partial charge is 0.389 e. The molecule has 0 heterocycles. The quantitative estimate of drug-likeness (QED) is 0.772. The molecule has 0 bridgehead atoms. The molecular weight excluding hydrogens is 268 g/mol. The highest BCUT2D eigenvalue weighted by Crippen LogP contribution is 2.33. The molecule has 1 aromatic carbocycles. The Bertz CT molecular complexity index is 478. The highest BCUT2D eigenvalue weighted by Gasteiger charge is 2.27. The van der Waals surface area contributed by atoms with E-state index in [2.05, 4.69) is 29.7 Å². The summed E-state index contributed by atoms with van der Waals surface area (Å²) >= 11 is 0. The first-order valence-corrected chi connectivity index (χ1v) is 7.41. The average Bonchev–Trinajstić information content (AvgIpc) is 2.48. The summed E-state index contributed by atoms with van der Waals surface area (Å²) in [5, 5.41) is 15.3. The van der Waals surface area contributed by atoms with Crippen molar-refractivity contribution in [1.82, 2.24) is 10.6 Å². The number of amides is 2. The topological polar surface area (TPSA) is 70.6 Å². The van der Waals surface area contributed by atoms with Crippen LogP contribution in [-0.4, -0.2) is 37.5 Å². The van der Waals surface area contributed by atoms with E-state index in [4.69, 9.17) is 4.74 Å². The van der Waals surface area contributed by atoms with Crippen LogP contribution >= 0.6 is 0 Å². The van der Waals surface area contributed by atoms with Crippen molar-refractivity contribution in [2.75, 3.05) is 20.3 Å². The molecule has 0 spiro atoms. The lowest BCUT2D eigenvalue weighted by atomic mass is 9.81. The van der Waals surface area contributed by atoms with E-state index >= 15 is 0 Å². The fourth-order valence-corrected chi connectivity index (χ4v) is 2.80. The van der Waals surface area contributed by atoms with Gasteiger partial charge in [0.2, 0.25) is 0 Å². The van der Waals surface area contributed by atoms with E-state index < -0.39 is 6.10 Å². The monoisotopic (exact) mass is 292 g/mol. The van der Waals surface area contributed by atoms with Crippen molar-refractivity contribution in [3.05, 3.63) is 35.4 Å². The first kappa shape index (κ1) is 15.8. The minimum absolute atomic E-state index is 0.0227. The Labute approximate surface area is 125 Å². The van der Waals surface area contributed by atoms with Crippen molar-refractivity contribution in [3.8, 4) is 0 Å². The molecule has 1 aliphatic carbocycles. The van der Waals surface area contributed by atoms with Crippen LogP contribution in [0.4, 0.5) is 4.79 Å². The number of aliphatic hydroxyl groups excluding tert-OH is 1. The van der Waals surface area contributed by atoms with Gasteiger partial charge < -0.3 is 20.5 Å². The molecule has 2 rings (SSSR count). The molecule has 1 aromatic rings. The minimum Gasteiger partial charge on any atom is -0.389 e. The fraction of sp³-hybridized carbons (Fsp3) is 0.562. The maximum Gasteiger partial charge on any atom is 0.315 e. The van der Waals surface area contributed by atoms with Crippen LogP contribution in [0.1, 0.15) is 30.5 Å². The van der Waals surface area contributed by atoms with Crippen LogP contribution in [0.2, 0.25) is 0 Å². The van der Waals surface area contributed by atoms with Crippen LogP contribution in [0.25, 0.3) is 0 Å². The van der Waals surface area contributed by atoms with Gasteiger partial charge in [-0.15, -0.1) is 0 Å². The zero-order valence-corrected chi connectivity index (χ0v) is 12.6. The van der Waals surface area contributed by atoms with Gasteiger partial charge in [-0.25, -0.2) is 4.79 Å². The van der Waals surface area contributed by atoms with Gasteiger partial charge in [0.05, 0.1) is 18.8 Å². The number of hydrogen-bond acceptors (Lipinski definition) is 3. The maximum absolute atomic E-state index is 12.0. The number of ether oxygens (including phenoxy) is 1. The molecule has 5 heteroatoms. The number of aryl methyl sites for hydroxylation is 1. The van der Waals surface area contributed by atoms with Crippen molar-refractivity contribution < 1.29 is 14.6 Å². The first-order valence-electron chi connectivity index (χ1n) is 7.41. The number of hydrogen-bond donors (Lipinski definition) is 3. The number of fused-ring (bicyclic) bond motifs is 1. The van der Waals surface area contributed by atoms with E-state index in [1.54, 1.807) is 0 Å². The van der Waals surface area contributed by atoms with Crippen molar-refractivity contribution in [2.24, 2.45) is 5.92 Å². The second-order valence-corrected chi connectivity index (χ2v) is 5.66. The van der Waals surface area contributed by atoms with Crippen LogP contribution < -0.4 is 10.6 Å². The minimum atomic E-state index is -0.684. The average molecular weight is 292 g/mol. The van der Waals surface area contributed by atoms with Crippen molar-refractivity contribution >= 4 is 6.03 Å². The van der Waals surface area contributed by atoms with Crippen LogP contribution in [0.3, 0.4) is 0 Å². The molecule has 116 valence electrons. The number of aliphatic hydroxyl groups is 1. The first-order chi connectivity index (χ1) is 10.1. The Hall–Kier alpha value is -1.59. The predicted octanol–water partition coefficient (Wildman–Crippen LogP) is 1.62. The molecule has 0 aliphatic heterocycles. The van der Waals surface area contributed by atoms with E-state index in [-0.39, 0.29) is 25.2 Å². The van der Waals surface area contributed by atoms with E-state index in [0.29, 0.717) is 5.92 Å². The smallest absolute Gasteiger partial charge is 0.315 e. The van der Waals surface area contributed by atoms with Gasteiger partial charge in [-0.05, 0) is 29.9 Å². The van der Waals surface area contributed by atoms with E-state index in [0.717, 1.165) is 12.8 Å². The molecule has 0 fully saturated rings. The Morgan fingerprint density at radius 3 is 3.00 bits per heavy atom. The lowest BCUT2D eigenvalue weighted by Gasteiger charge is -2.32. The van der Waals surface area contributed by atoms with E-state index in [1.165, 1.54) is 18.2 Å². The van der Waals surface area contributed by atoms with Crippen LogP contribution in [0.15, 0.2) is 24.3 Å². The lowest BCUT2D eigenvalue weighted by Crippen LogP contribution is -2.44. The van der Waals surface area contributed by atoms with Crippen molar-refractivity contribution in [2.45, 2.75) is 31.9 Å². The molecule has 3 N–H and O–H groups in total. The SMILES string of the molecule is COCC(O)CNC(=O)NC1c2ccccc2CCC1C. The molecule has 3 unspecified atom stereocenters. The van der Waals surface area contributed by atoms with Crippen LogP contribution in [0, 0.1) is 5.92 Å². The van der Waals surface area contributed by atoms with Gasteiger partial charge in [-0.3, -0.25) is 0 Å². The van der Waals surface area contributed by atoms with Crippen LogP contribution in [-0.2, 0) is 11.2 Å². The van der Waals surface area contributed by atoms with Gasteiger partial charge in [-0.2, -0.15) is 0 Å². The number of urea groups is 1. The highest BCUT2D eigenvalue weighted by molar-refractivity contribution is 5.74. The highest BCUT2D eigenvalue weighted by atomic mass is 16.5. The Balaban J connectivity index is 1.94. The normalized spacial score (nSPS) is 22.2. The van der Waals surface area contributed by atoms with Crippen LogP contribution in [0.5, 0.6) is 0 Å². The number of nitrogens with one attached hydrogen (secondary N) is 2. The lowest BCUT2D eigenvalue weighted by molar-refractivity contribution is 0.0658. The molecule has 0 aromatic heterocycles. The van der Waals surface area contributed by atoms with Gasteiger partial charge in [0.15, 0.2) is 0 Å². The molecule has 0 saturated carbocycles.